The van der Waals surface area contributed by atoms with Crippen LogP contribution in [0.25, 0.3) is 0 Å². The summed E-state index contributed by atoms with van der Waals surface area (Å²) in [4.78, 5) is 12.3. The SMILES string of the molecule is Cc1cc(C(=O)C2CCCCC2N)ccc1F. The molecule has 2 atom stereocenters. The quantitative estimate of drug-likeness (QED) is 0.801. The van der Waals surface area contributed by atoms with Crippen LogP contribution in [0.1, 0.15) is 41.6 Å². The predicted octanol–water partition coefficient (Wildman–Crippen LogP) is 2.83. The third-order valence-corrected chi connectivity index (χ3v) is 3.60. The van der Waals surface area contributed by atoms with Crippen LogP contribution in [-0.2, 0) is 0 Å². The third kappa shape index (κ3) is 2.55. The number of Topliss-reactive ketones (excluding diaryl/α,β-unsaturated/α-hetero) is 1. The zero-order valence-corrected chi connectivity index (χ0v) is 10.1. The highest BCUT2D eigenvalue weighted by molar-refractivity contribution is 5.98. The van der Waals surface area contributed by atoms with E-state index in [9.17, 15) is 9.18 Å². The largest absolute Gasteiger partial charge is 0.327 e. The zero-order valence-electron chi connectivity index (χ0n) is 10.1. The van der Waals surface area contributed by atoms with E-state index in [1.165, 1.54) is 6.07 Å². The van der Waals surface area contributed by atoms with Crippen LogP contribution in [0.5, 0.6) is 0 Å². The summed E-state index contributed by atoms with van der Waals surface area (Å²) in [5.74, 6) is -0.289. The molecule has 1 fully saturated rings. The van der Waals surface area contributed by atoms with Crippen molar-refractivity contribution in [1.82, 2.24) is 0 Å². The molecule has 0 heterocycles. The Kier molecular flexibility index (Phi) is 3.57. The molecule has 2 rings (SSSR count). The molecule has 0 amide bonds. The van der Waals surface area contributed by atoms with Gasteiger partial charge in [0.25, 0.3) is 0 Å². The van der Waals surface area contributed by atoms with Crippen molar-refractivity contribution in [3.05, 3.63) is 35.1 Å². The summed E-state index contributed by atoms with van der Waals surface area (Å²) in [7, 11) is 0. The van der Waals surface area contributed by atoms with Gasteiger partial charge in [0, 0.05) is 17.5 Å². The first-order valence-corrected chi connectivity index (χ1v) is 6.15. The molecular formula is C14H18FNO. The number of carbonyl (C=O) groups is 1. The van der Waals surface area contributed by atoms with E-state index in [0.717, 1.165) is 25.7 Å². The maximum atomic E-state index is 13.1. The van der Waals surface area contributed by atoms with Gasteiger partial charge in [-0.15, -0.1) is 0 Å². The van der Waals surface area contributed by atoms with Crippen LogP contribution in [0.4, 0.5) is 4.39 Å². The standard InChI is InChI=1S/C14H18FNO/c1-9-8-10(6-7-12(9)15)14(17)11-4-2-3-5-13(11)16/h6-8,11,13H,2-5,16H2,1H3. The van der Waals surface area contributed by atoms with E-state index in [-0.39, 0.29) is 23.6 Å². The van der Waals surface area contributed by atoms with Gasteiger partial charge in [-0.3, -0.25) is 4.79 Å². The summed E-state index contributed by atoms with van der Waals surface area (Å²) in [5.41, 5.74) is 7.09. The van der Waals surface area contributed by atoms with E-state index in [1.807, 2.05) is 0 Å². The van der Waals surface area contributed by atoms with Crippen molar-refractivity contribution in [1.29, 1.82) is 0 Å². The number of carbonyl (C=O) groups excluding carboxylic acids is 1. The van der Waals surface area contributed by atoms with E-state index < -0.39 is 0 Å². The summed E-state index contributed by atoms with van der Waals surface area (Å²) in [6.07, 6.45) is 3.94. The highest BCUT2D eigenvalue weighted by Crippen LogP contribution is 2.26. The number of hydrogen-bond acceptors (Lipinski definition) is 2. The summed E-state index contributed by atoms with van der Waals surface area (Å²) < 4.78 is 13.1. The molecule has 2 unspecified atom stereocenters. The number of benzene rings is 1. The lowest BCUT2D eigenvalue weighted by molar-refractivity contribution is 0.0871. The Morgan fingerprint density at radius 3 is 2.71 bits per heavy atom. The van der Waals surface area contributed by atoms with Crippen molar-refractivity contribution in [2.24, 2.45) is 11.7 Å². The molecule has 2 N–H and O–H groups in total. The minimum absolute atomic E-state index is 0.0402. The second-order valence-electron chi connectivity index (χ2n) is 4.88. The Morgan fingerprint density at radius 1 is 1.35 bits per heavy atom. The number of nitrogens with two attached hydrogens (primary N) is 1. The fraction of sp³-hybridized carbons (Fsp3) is 0.500. The molecule has 0 aliphatic heterocycles. The molecule has 0 spiro atoms. The van der Waals surface area contributed by atoms with Crippen LogP contribution in [0.3, 0.4) is 0 Å². The molecule has 2 nitrogen and oxygen atoms in total. The van der Waals surface area contributed by atoms with Crippen molar-refractivity contribution in [2.75, 3.05) is 0 Å². The van der Waals surface area contributed by atoms with Crippen molar-refractivity contribution in [3.63, 3.8) is 0 Å². The van der Waals surface area contributed by atoms with Crippen LogP contribution in [0, 0.1) is 18.7 Å². The van der Waals surface area contributed by atoms with Gasteiger partial charge in [0.2, 0.25) is 0 Å². The highest BCUT2D eigenvalue weighted by Gasteiger charge is 2.28. The summed E-state index contributed by atoms with van der Waals surface area (Å²) in [6, 6.07) is 4.50. The maximum Gasteiger partial charge on any atom is 0.167 e. The van der Waals surface area contributed by atoms with Gasteiger partial charge >= 0.3 is 0 Å². The molecule has 1 saturated carbocycles. The molecule has 1 aliphatic rings. The lowest BCUT2D eigenvalue weighted by atomic mass is 9.80. The van der Waals surface area contributed by atoms with Gasteiger partial charge in [-0.05, 0) is 43.5 Å². The second kappa shape index (κ2) is 4.96. The molecule has 17 heavy (non-hydrogen) atoms. The first kappa shape index (κ1) is 12.2. The smallest absolute Gasteiger partial charge is 0.167 e. The zero-order chi connectivity index (χ0) is 12.4. The van der Waals surface area contributed by atoms with E-state index in [0.29, 0.717) is 11.1 Å². The van der Waals surface area contributed by atoms with Crippen LogP contribution >= 0.6 is 0 Å². The molecule has 0 saturated heterocycles. The third-order valence-electron chi connectivity index (χ3n) is 3.60. The average Bonchev–Trinajstić information content (AvgIpc) is 2.32. The molecular weight excluding hydrogens is 217 g/mol. The number of rotatable bonds is 2. The first-order valence-electron chi connectivity index (χ1n) is 6.15. The summed E-state index contributed by atoms with van der Waals surface area (Å²) >= 11 is 0. The normalized spacial score (nSPS) is 24.6. The summed E-state index contributed by atoms with van der Waals surface area (Å²) in [6.45, 7) is 1.67. The number of hydrogen-bond donors (Lipinski definition) is 1. The van der Waals surface area contributed by atoms with Gasteiger partial charge in [-0.25, -0.2) is 4.39 Å². The minimum atomic E-state index is -0.269. The van der Waals surface area contributed by atoms with Gasteiger partial charge in [0.05, 0.1) is 0 Å². The Morgan fingerprint density at radius 2 is 2.06 bits per heavy atom. The molecule has 0 aromatic heterocycles. The average molecular weight is 235 g/mol. The Hall–Kier alpha value is -1.22. The van der Waals surface area contributed by atoms with Crippen LogP contribution in [0.15, 0.2) is 18.2 Å². The van der Waals surface area contributed by atoms with E-state index >= 15 is 0 Å². The fourth-order valence-corrected chi connectivity index (χ4v) is 2.50. The first-order chi connectivity index (χ1) is 8.09. The number of ketones is 1. The monoisotopic (exact) mass is 235 g/mol. The molecule has 0 bridgehead atoms. The predicted molar refractivity (Wildman–Crippen MR) is 65.4 cm³/mol. The molecule has 1 aliphatic carbocycles. The van der Waals surface area contributed by atoms with Crippen LogP contribution < -0.4 is 5.73 Å². The van der Waals surface area contributed by atoms with Gasteiger partial charge in [-0.2, -0.15) is 0 Å². The Balaban J connectivity index is 2.21. The lowest BCUT2D eigenvalue weighted by Crippen LogP contribution is -2.38. The highest BCUT2D eigenvalue weighted by atomic mass is 19.1. The van der Waals surface area contributed by atoms with Gasteiger partial charge in [0.15, 0.2) is 5.78 Å². The minimum Gasteiger partial charge on any atom is -0.327 e. The number of aryl methyl sites for hydroxylation is 1. The van der Waals surface area contributed by atoms with E-state index in [2.05, 4.69) is 0 Å². The molecule has 1 aromatic carbocycles. The van der Waals surface area contributed by atoms with E-state index in [1.54, 1.807) is 19.1 Å². The van der Waals surface area contributed by atoms with Crippen LogP contribution in [-0.4, -0.2) is 11.8 Å². The van der Waals surface area contributed by atoms with Crippen LogP contribution in [0.2, 0.25) is 0 Å². The Bertz CT molecular complexity index is 430. The van der Waals surface area contributed by atoms with Crippen molar-refractivity contribution in [2.45, 2.75) is 38.6 Å². The topological polar surface area (TPSA) is 43.1 Å². The van der Waals surface area contributed by atoms with Crippen molar-refractivity contribution >= 4 is 5.78 Å². The lowest BCUT2D eigenvalue weighted by Gasteiger charge is -2.27. The molecule has 0 radical (unpaired) electrons. The van der Waals surface area contributed by atoms with Gasteiger partial charge in [0.1, 0.15) is 5.82 Å². The number of halogens is 1. The maximum absolute atomic E-state index is 13.1. The van der Waals surface area contributed by atoms with Gasteiger partial charge in [-0.1, -0.05) is 12.8 Å². The van der Waals surface area contributed by atoms with Crippen molar-refractivity contribution in [3.8, 4) is 0 Å². The fourth-order valence-electron chi connectivity index (χ4n) is 2.50. The molecule has 3 heteroatoms. The van der Waals surface area contributed by atoms with E-state index in [4.69, 9.17) is 5.73 Å². The summed E-state index contributed by atoms with van der Waals surface area (Å²) in [5, 5.41) is 0. The second-order valence-corrected chi connectivity index (χ2v) is 4.88. The molecule has 1 aromatic rings. The molecule has 92 valence electrons. The van der Waals surface area contributed by atoms with Gasteiger partial charge < -0.3 is 5.73 Å². The Labute approximate surface area is 101 Å². The van der Waals surface area contributed by atoms with Crippen molar-refractivity contribution < 1.29 is 9.18 Å².